The molecule has 1 aliphatic heterocycles. The number of fused-ring (bicyclic) bond motifs is 1. The van der Waals surface area contributed by atoms with Crippen molar-refractivity contribution < 1.29 is 9.59 Å². The summed E-state index contributed by atoms with van der Waals surface area (Å²) < 4.78 is 0. The third-order valence-corrected chi connectivity index (χ3v) is 3.58. The number of hydrogen-bond acceptors (Lipinski definition) is 3. The van der Waals surface area contributed by atoms with E-state index in [1.165, 1.54) is 4.90 Å². The molecule has 2 aliphatic rings. The summed E-state index contributed by atoms with van der Waals surface area (Å²) in [5.41, 5.74) is 7.70. The smallest absolute Gasteiger partial charge is 0.237 e. The fraction of sp³-hybridized carbons (Fsp3) is 0.333. The first-order chi connectivity index (χ1) is 9.13. The minimum absolute atomic E-state index is 0.0883. The predicted molar refractivity (Wildman–Crippen MR) is 71.2 cm³/mol. The zero-order valence-corrected chi connectivity index (χ0v) is 10.6. The lowest BCUT2D eigenvalue weighted by molar-refractivity contribution is -0.123. The molecule has 1 heterocycles. The van der Waals surface area contributed by atoms with Crippen molar-refractivity contribution in [1.29, 1.82) is 0 Å². The van der Waals surface area contributed by atoms with E-state index < -0.39 is 0 Å². The third kappa shape index (κ3) is 1.83. The Balaban J connectivity index is 2.05. The van der Waals surface area contributed by atoms with Crippen LogP contribution < -0.4 is 10.6 Å². The lowest BCUT2D eigenvalue weighted by Gasteiger charge is -2.18. The summed E-state index contributed by atoms with van der Waals surface area (Å²) in [4.78, 5) is 25.5. The van der Waals surface area contributed by atoms with Gasteiger partial charge in [-0.2, -0.15) is 0 Å². The maximum absolute atomic E-state index is 12.1. The van der Waals surface area contributed by atoms with Gasteiger partial charge >= 0.3 is 0 Å². The second kappa shape index (κ2) is 4.22. The molecule has 19 heavy (non-hydrogen) atoms. The van der Waals surface area contributed by atoms with E-state index in [2.05, 4.69) is 11.8 Å². The molecule has 2 N–H and O–H groups in total. The Morgan fingerprint density at radius 2 is 2.00 bits per heavy atom. The molecule has 2 atom stereocenters. The normalized spacial score (nSPS) is 24.0. The Labute approximate surface area is 111 Å². The molecule has 2 fully saturated rings. The summed E-state index contributed by atoms with van der Waals surface area (Å²) in [6, 6.07) is 5.55. The van der Waals surface area contributed by atoms with E-state index in [-0.39, 0.29) is 30.2 Å². The molecule has 1 aliphatic carbocycles. The van der Waals surface area contributed by atoms with Crippen molar-refractivity contribution in [2.75, 3.05) is 11.4 Å². The summed E-state index contributed by atoms with van der Waals surface area (Å²) in [6.45, 7) is 2.20. The van der Waals surface area contributed by atoms with Crippen molar-refractivity contribution >= 4 is 17.5 Å². The molecule has 2 amide bonds. The van der Waals surface area contributed by atoms with Crippen molar-refractivity contribution in [3.63, 3.8) is 0 Å². The molecule has 4 nitrogen and oxygen atoms in total. The van der Waals surface area contributed by atoms with E-state index in [4.69, 9.17) is 5.73 Å². The second-order valence-corrected chi connectivity index (χ2v) is 4.99. The number of nitrogens with zero attached hydrogens (tertiary/aromatic N) is 1. The number of piperidine rings is 1. The van der Waals surface area contributed by atoms with Crippen LogP contribution in [0, 0.1) is 30.6 Å². The summed E-state index contributed by atoms with van der Waals surface area (Å²) in [5, 5.41) is 0. The molecule has 3 rings (SSSR count). The first-order valence-electron chi connectivity index (χ1n) is 6.31. The predicted octanol–water partition coefficient (Wildman–Crippen LogP) is 0.815. The SMILES string of the molecule is Cc1ccc(N2C(=O)C3CC3C2=O)c(C#CCN)c1. The molecule has 0 radical (unpaired) electrons. The number of carbonyl (C=O) groups excluding carboxylic acids is 2. The first-order valence-corrected chi connectivity index (χ1v) is 6.31. The van der Waals surface area contributed by atoms with Gasteiger partial charge in [-0.25, -0.2) is 4.90 Å². The van der Waals surface area contributed by atoms with Crippen LogP contribution in [0.1, 0.15) is 17.5 Å². The van der Waals surface area contributed by atoms with E-state index in [0.717, 1.165) is 5.56 Å². The number of aryl methyl sites for hydroxylation is 1. The van der Waals surface area contributed by atoms with Gasteiger partial charge in [-0.1, -0.05) is 17.9 Å². The van der Waals surface area contributed by atoms with Crippen molar-refractivity contribution in [2.24, 2.45) is 17.6 Å². The molecule has 4 heteroatoms. The Hall–Kier alpha value is -2.12. The number of rotatable bonds is 1. The number of benzene rings is 1. The van der Waals surface area contributed by atoms with Gasteiger partial charge in [-0.3, -0.25) is 9.59 Å². The number of amides is 2. The zero-order chi connectivity index (χ0) is 13.6. The van der Waals surface area contributed by atoms with Gasteiger partial charge in [0.1, 0.15) is 0 Å². The maximum Gasteiger partial charge on any atom is 0.237 e. The van der Waals surface area contributed by atoms with Crippen LogP contribution in [-0.4, -0.2) is 18.4 Å². The molecular formula is C15H14N2O2. The van der Waals surface area contributed by atoms with E-state index in [0.29, 0.717) is 17.7 Å². The molecule has 1 aromatic rings. The quantitative estimate of drug-likeness (QED) is 0.596. The van der Waals surface area contributed by atoms with E-state index >= 15 is 0 Å². The lowest BCUT2D eigenvalue weighted by atomic mass is 10.1. The number of anilines is 1. The molecule has 96 valence electrons. The van der Waals surface area contributed by atoms with Crippen molar-refractivity contribution in [3.8, 4) is 11.8 Å². The van der Waals surface area contributed by atoms with E-state index in [1.807, 2.05) is 19.1 Å². The fourth-order valence-corrected chi connectivity index (χ4v) is 2.51. The van der Waals surface area contributed by atoms with Gasteiger partial charge in [-0.05, 0) is 31.0 Å². The van der Waals surface area contributed by atoms with Crippen LogP contribution in [0.15, 0.2) is 18.2 Å². The Kier molecular flexibility index (Phi) is 2.65. The summed E-state index contributed by atoms with van der Waals surface area (Å²) >= 11 is 0. The van der Waals surface area contributed by atoms with Crippen LogP contribution in [0.4, 0.5) is 5.69 Å². The van der Waals surface area contributed by atoms with Gasteiger partial charge in [0.25, 0.3) is 0 Å². The van der Waals surface area contributed by atoms with Crippen LogP contribution in [0.3, 0.4) is 0 Å². The molecule has 0 aromatic heterocycles. The monoisotopic (exact) mass is 254 g/mol. The minimum Gasteiger partial charge on any atom is -0.320 e. The molecular weight excluding hydrogens is 240 g/mol. The van der Waals surface area contributed by atoms with Gasteiger partial charge in [0, 0.05) is 5.56 Å². The molecule has 0 bridgehead atoms. The van der Waals surface area contributed by atoms with Gasteiger partial charge in [0.05, 0.1) is 24.1 Å². The van der Waals surface area contributed by atoms with Crippen LogP contribution >= 0.6 is 0 Å². The molecule has 0 spiro atoms. The van der Waals surface area contributed by atoms with E-state index in [1.54, 1.807) is 6.07 Å². The summed E-state index contributed by atoms with van der Waals surface area (Å²) in [7, 11) is 0. The van der Waals surface area contributed by atoms with Crippen molar-refractivity contribution in [2.45, 2.75) is 13.3 Å². The molecule has 2 unspecified atom stereocenters. The Morgan fingerprint density at radius 1 is 1.32 bits per heavy atom. The maximum atomic E-state index is 12.1. The fourth-order valence-electron chi connectivity index (χ4n) is 2.51. The summed E-state index contributed by atoms with van der Waals surface area (Å²) in [5.74, 6) is 5.35. The van der Waals surface area contributed by atoms with Gasteiger partial charge in [0.15, 0.2) is 0 Å². The zero-order valence-electron chi connectivity index (χ0n) is 10.6. The number of carbonyl (C=O) groups is 2. The second-order valence-electron chi connectivity index (χ2n) is 4.99. The standard InChI is InChI=1S/C15H14N2O2/c1-9-4-5-13(10(7-9)3-2-6-16)17-14(18)11-8-12(11)15(17)19/h4-5,7,11-12H,6,8,16H2,1H3. The average molecular weight is 254 g/mol. The molecule has 1 aromatic carbocycles. The average Bonchev–Trinajstić information content (AvgIpc) is 3.14. The van der Waals surface area contributed by atoms with Crippen molar-refractivity contribution in [3.05, 3.63) is 29.3 Å². The van der Waals surface area contributed by atoms with Crippen molar-refractivity contribution in [1.82, 2.24) is 0 Å². The molecule has 1 saturated heterocycles. The highest BCUT2D eigenvalue weighted by Gasteiger charge is 2.59. The highest BCUT2D eigenvalue weighted by atomic mass is 16.2. The Morgan fingerprint density at radius 3 is 2.63 bits per heavy atom. The van der Waals surface area contributed by atoms with Gasteiger partial charge < -0.3 is 5.73 Å². The van der Waals surface area contributed by atoms with E-state index in [9.17, 15) is 9.59 Å². The summed E-state index contributed by atoms with van der Waals surface area (Å²) in [6.07, 6.45) is 0.712. The number of imide groups is 1. The van der Waals surface area contributed by atoms with Crippen LogP contribution in [0.25, 0.3) is 0 Å². The number of hydrogen-bond donors (Lipinski definition) is 1. The van der Waals surface area contributed by atoms with Gasteiger partial charge in [0.2, 0.25) is 11.8 Å². The first kappa shape index (κ1) is 11.9. The van der Waals surface area contributed by atoms with Crippen LogP contribution in [0.2, 0.25) is 0 Å². The highest BCUT2D eigenvalue weighted by Crippen LogP contribution is 2.48. The van der Waals surface area contributed by atoms with Crippen LogP contribution in [0.5, 0.6) is 0 Å². The third-order valence-electron chi connectivity index (χ3n) is 3.58. The Bertz CT molecular complexity index is 619. The number of nitrogens with two attached hydrogens (primary N) is 1. The van der Waals surface area contributed by atoms with Crippen LogP contribution in [-0.2, 0) is 9.59 Å². The molecule has 1 saturated carbocycles. The minimum atomic E-state index is -0.0934. The topological polar surface area (TPSA) is 63.4 Å². The highest BCUT2D eigenvalue weighted by molar-refractivity contribution is 6.25. The lowest BCUT2D eigenvalue weighted by Crippen LogP contribution is -2.33. The largest absolute Gasteiger partial charge is 0.320 e. The van der Waals surface area contributed by atoms with Gasteiger partial charge in [-0.15, -0.1) is 0 Å².